The highest BCUT2D eigenvalue weighted by Gasteiger charge is 2.17. The highest BCUT2D eigenvalue weighted by atomic mass is 32.1. The summed E-state index contributed by atoms with van der Waals surface area (Å²) in [5.41, 5.74) is 1.64. The molecule has 0 spiro atoms. The van der Waals surface area contributed by atoms with E-state index >= 15 is 0 Å². The minimum Gasteiger partial charge on any atom is -0.461 e. The lowest BCUT2D eigenvalue weighted by atomic mass is 10.2. The molecule has 0 atom stereocenters. The largest absolute Gasteiger partial charge is 0.461 e. The predicted octanol–water partition coefficient (Wildman–Crippen LogP) is 3.65. The lowest BCUT2D eigenvalue weighted by Gasteiger charge is -2.08. The molecule has 0 amide bonds. The Balaban J connectivity index is 2.29. The third-order valence-electron chi connectivity index (χ3n) is 2.53. The zero-order chi connectivity index (χ0) is 14.7. The second kappa shape index (κ2) is 5.96. The smallest absolute Gasteiger partial charge is 0.360 e. The Labute approximate surface area is 118 Å². The van der Waals surface area contributed by atoms with Crippen molar-refractivity contribution in [1.82, 2.24) is 4.98 Å². The standard InChI is InChI=1S/C13H12F2N2O2S/c1-3-19-13(18)11-12(20-6-16-11)17-10-5-8(14)7(2)4-9(10)15/h4-6,17H,3H2,1-2H3. The number of hydrogen-bond donors (Lipinski definition) is 1. The minimum absolute atomic E-state index is 0.0529. The number of rotatable bonds is 4. The van der Waals surface area contributed by atoms with Crippen molar-refractivity contribution in [2.75, 3.05) is 11.9 Å². The molecule has 0 unspecified atom stereocenters. The summed E-state index contributed by atoms with van der Waals surface area (Å²) in [6, 6.07) is 2.13. The van der Waals surface area contributed by atoms with Crippen LogP contribution in [0.5, 0.6) is 0 Å². The lowest BCUT2D eigenvalue weighted by molar-refractivity contribution is 0.0521. The molecule has 1 N–H and O–H groups in total. The molecule has 2 aromatic rings. The third kappa shape index (κ3) is 2.93. The van der Waals surface area contributed by atoms with Gasteiger partial charge >= 0.3 is 5.97 Å². The average molecular weight is 298 g/mol. The maximum atomic E-state index is 13.7. The zero-order valence-electron chi connectivity index (χ0n) is 10.9. The van der Waals surface area contributed by atoms with Crippen molar-refractivity contribution in [3.8, 4) is 0 Å². The van der Waals surface area contributed by atoms with E-state index in [0.29, 0.717) is 5.00 Å². The van der Waals surface area contributed by atoms with Crippen LogP contribution in [0.2, 0.25) is 0 Å². The molecule has 0 saturated carbocycles. The Morgan fingerprint density at radius 1 is 1.40 bits per heavy atom. The quantitative estimate of drug-likeness (QED) is 0.875. The first-order valence-electron chi connectivity index (χ1n) is 5.86. The number of hydrogen-bond acceptors (Lipinski definition) is 5. The van der Waals surface area contributed by atoms with Crippen LogP contribution < -0.4 is 5.32 Å². The van der Waals surface area contributed by atoms with E-state index in [4.69, 9.17) is 4.74 Å². The number of ether oxygens (including phenoxy) is 1. The van der Waals surface area contributed by atoms with E-state index in [9.17, 15) is 13.6 Å². The van der Waals surface area contributed by atoms with Gasteiger partial charge in [0.05, 0.1) is 17.8 Å². The number of aryl methyl sites for hydroxylation is 1. The number of halogens is 2. The molecule has 0 saturated heterocycles. The summed E-state index contributed by atoms with van der Waals surface area (Å²) in [5.74, 6) is -1.74. The van der Waals surface area contributed by atoms with Crippen molar-refractivity contribution in [2.45, 2.75) is 13.8 Å². The predicted molar refractivity (Wildman–Crippen MR) is 72.4 cm³/mol. The van der Waals surface area contributed by atoms with Crippen LogP contribution in [0.3, 0.4) is 0 Å². The highest BCUT2D eigenvalue weighted by molar-refractivity contribution is 7.14. The van der Waals surface area contributed by atoms with Gasteiger partial charge in [-0.2, -0.15) is 0 Å². The topological polar surface area (TPSA) is 51.2 Å². The average Bonchev–Trinajstić information content (AvgIpc) is 2.84. The van der Waals surface area contributed by atoms with Crippen molar-refractivity contribution in [3.63, 3.8) is 0 Å². The first-order valence-corrected chi connectivity index (χ1v) is 6.74. The number of nitrogens with one attached hydrogen (secondary N) is 1. The molecule has 1 aromatic heterocycles. The van der Waals surface area contributed by atoms with Gasteiger partial charge in [0.2, 0.25) is 0 Å². The second-order valence-corrected chi connectivity index (χ2v) is 4.81. The van der Waals surface area contributed by atoms with Gasteiger partial charge < -0.3 is 10.1 Å². The van der Waals surface area contributed by atoms with Gasteiger partial charge in [0.25, 0.3) is 0 Å². The monoisotopic (exact) mass is 298 g/mol. The molecule has 0 fully saturated rings. The second-order valence-electron chi connectivity index (χ2n) is 3.96. The summed E-state index contributed by atoms with van der Waals surface area (Å²) in [5, 5.41) is 2.98. The summed E-state index contributed by atoms with van der Waals surface area (Å²) in [6.45, 7) is 3.36. The highest BCUT2D eigenvalue weighted by Crippen LogP contribution is 2.28. The van der Waals surface area contributed by atoms with Gasteiger partial charge in [-0.05, 0) is 25.5 Å². The molecule has 1 heterocycles. The van der Waals surface area contributed by atoms with Crippen LogP contribution in [-0.2, 0) is 4.74 Å². The molecule has 0 aliphatic carbocycles. The third-order valence-corrected chi connectivity index (χ3v) is 3.27. The molecule has 7 heteroatoms. The van der Waals surface area contributed by atoms with E-state index in [-0.39, 0.29) is 23.6 Å². The Bertz CT molecular complexity index is 643. The SMILES string of the molecule is CCOC(=O)c1ncsc1Nc1cc(F)c(C)cc1F. The number of aromatic nitrogens is 1. The zero-order valence-corrected chi connectivity index (χ0v) is 11.7. The van der Waals surface area contributed by atoms with E-state index < -0.39 is 17.6 Å². The van der Waals surface area contributed by atoms with Crippen LogP contribution >= 0.6 is 11.3 Å². The van der Waals surface area contributed by atoms with Gasteiger partial charge in [0.1, 0.15) is 16.6 Å². The molecule has 0 bridgehead atoms. The van der Waals surface area contributed by atoms with E-state index in [0.717, 1.165) is 23.5 Å². The fourth-order valence-electron chi connectivity index (χ4n) is 1.54. The number of esters is 1. The first-order chi connectivity index (χ1) is 9.52. The number of benzene rings is 1. The van der Waals surface area contributed by atoms with Crippen molar-refractivity contribution in [1.29, 1.82) is 0 Å². The molecular weight excluding hydrogens is 286 g/mol. The molecular formula is C13H12F2N2O2S. The van der Waals surface area contributed by atoms with Crippen molar-refractivity contribution >= 4 is 28.0 Å². The fraction of sp³-hybridized carbons (Fsp3) is 0.231. The Morgan fingerprint density at radius 2 is 2.15 bits per heavy atom. The van der Waals surface area contributed by atoms with Gasteiger partial charge in [-0.1, -0.05) is 0 Å². The first kappa shape index (κ1) is 14.4. The molecule has 1 aromatic carbocycles. The number of carbonyl (C=O) groups excluding carboxylic acids is 1. The van der Waals surface area contributed by atoms with Crippen LogP contribution in [0.1, 0.15) is 23.0 Å². The van der Waals surface area contributed by atoms with Crippen molar-refractivity contribution in [2.24, 2.45) is 0 Å². The molecule has 20 heavy (non-hydrogen) atoms. The van der Waals surface area contributed by atoms with E-state index in [1.807, 2.05) is 0 Å². The molecule has 2 rings (SSSR count). The van der Waals surface area contributed by atoms with E-state index in [2.05, 4.69) is 10.3 Å². The van der Waals surface area contributed by atoms with Gasteiger partial charge in [-0.3, -0.25) is 0 Å². The van der Waals surface area contributed by atoms with Crippen molar-refractivity contribution in [3.05, 3.63) is 40.5 Å². The van der Waals surface area contributed by atoms with E-state index in [1.165, 1.54) is 12.4 Å². The van der Waals surface area contributed by atoms with Gasteiger partial charge in [0, 0.05) is 6.07 Å². The minimum atomic E-state index is -0.607. The summed E-state index contributed by atoms with van der Waals surface area (Å²) >= 11 is 1.11. The molecule has 0 aliphatic heterocycles. The number of carbonyl (C=O) groups is 1. The summed E-state index contributed by atoms with van der Waals surface area (Å²) in [7, 11) is 0. The normalized spacial score (nSPS) is 10.4. The maximum absolute atomic E-state index is 13.7. The number of nitrogens with zero attached hydrogens (tertiary/aromatic N) is 1. The van der Waals surface area contributed by atoms with E-state index in [1.54, 1.807) is 6.92 Å². The van der Waals surface area contributed by atoms with Crippen molar-refractivity contribution < 1.29 is 18.3 Å². The van der Waals surface area contributed by atoms with Crippen LogP contribution in [0.4, 0.5) is 19.5 Å². The van der Waals surface area contributed by atoms with Crippen LogP contribution in [0.25, 0.3) is 0 Å². The molecule has 106 valence electrons. The molecule has 4 nitrogen and oxygen atoms in total. The maximum Gasteiger partial charge on any atom is 0.360 e. The number of anilines is 2. The fourth-order valence-corrected chi connectivity index (χ4v) is 2.22. The van der Waals surface area contributed by atoms with Gasteiger partial charge in [-0.25, -0.2) is 18.6 Å². The lowest BCUT2D eigenvalue weighted by Crippen LogP contribution is -2.07. The summed E-state index contributed by atoms with van der Waals surface area (Å²) in [4.78, 5) is 15.5. The van der Waals surface area contributed by atoms with Gasteiger partial charge in [-0.15, -0.1) is 11.3 Å². The Morgan fingerprint density at radius 3 is 2.85 bits per heavy atom. The Hall–Kier alpha value is -2.02. The molecule has 0 radical (unpaired) electrons. The molecule has 0 aliphatic rings. The van der Waals surface area contributed by atoms with Crippen LogP contribution in [-0.4, -0.2) is 17.6 Å². The number of thiazole rings is 1. The van der Waals surface area contributed by atoms with Crippen LogP contribution in [0.15, 0.2) is 17.6 Å². The van der Waals surface area contributed by atoms with Gasteiger partial charge in [0.15, 0.2) is 5.69 Å². The Kier molecular flexibility index (Phi) is 4.29. The van der Waals surface area contributed by atoms with Crippen LogP contribution in [0, 0.1) is 18.6 Å². The summed E-state index contributed by atoms with van der Waals surface area (Å²) < 4.78 is 32.0. The summed E-state index contributed by atoms with van der Waals surface area (Å²) in [6.07, 6.45) is 0.